The minimum absolute atomic E-state index is 0.00917. The number of aromatic nitrogens is 3. The molecule has 0 spiro atoms. The van der Waals surface area contributed by atoms with Gasteiger partial charge in [0.05, 0.1) is 23.0 Å². The number of carbonyl (C=O) groups is 2. The first-order chi connectivity index (χ1) is 19.8. The van der Waals surface area contributed by atoms with Crippen LogP contribution in [0, 0.1) is 12.7 Å². The van der Waals surface area contributed by atoms with Crippen LogP contribution in [-0.2, 0) is 29.0 Å². The molecule has 5 rings (SSSR count). The molecular weight excluding hydrogens is 547 g/mol. The van der Waals surface area contributed by atoms with Crippen molar-refractivity contribution in [2.45, 2.75) is 45.3 Å². The normalized spacial score (nSPS) is 13.7. The molecule has 0 bridgehead atoms. The summed E-state index contributed by atoms with van der Waals surface area (Å²) < 4.78 is 19.6. The molecule has 2 amide bonds. The molecule has 2 aromatic heterocycles. The number of aromatic amines is 1. The van der Waals surface area contributed by atoms with E-state index in [-0.39, 0.29) is 30.0 Å². The summed E-state index contributed by atoms with van der Waals surface area (Å²) in [6, 6.07) is 13.8. The average Bonchev–Trinajstić information content (AvgIpc) is 3.34. The van der Waals surface area contributed by atoms with E-state index in [1.165, 1.54) is 6.07 Å². The number of aryl methyl sites for hydroxylation is 1. The number of carbonyl (C=O) groups excluding carboxylic acids is 2. The molecule has 2 aromatic carbocycles. The van der Waals surface area contributed by atoms with Gasteiger partial charge in [-0.1, -0.05) is 48.0 Å². The molecule has 0 saturated heterocycles. The number of amides is 2. The van der Waals surface area contributed by atoms with Crippen LogP contribution in [-0.4, -0.2) is 63.0 Å². The number of anilines is 1. The summed E-state index contributed by atoms with van der Waals surface area (Å²) in [5, 5.41) is 4.63. The van der Waals surface area contributed by atoms with Gasteiger partial charge in [0, 0.05) is 43.6 Å². The summed E-state index contributed by atoms with van der Waals surface area (Å²) in [4.78, 5) is 41.6. The number of hydrogen-bond acceptors (Lipinski definition) is 6. The van der Waals surface area contributed by atoms with Gasteiger partial charge in [-0.3, -0.25) is 15.0 Å². The largest absolute Gasteiger partial charge is 0.448 e. The Balaban J connectivity index is 1.23. The SMILES string of the molecule is Cc1nc2c([nH]1)CN(C(=O)CCC(COC(=O)Nc1cc3ccccc3cn1)N(C)Cc1cccc(F)c1Cl)CC2. The molecule has 1 atom stereocenters. The van der Waals surface area contributed by atoms with Gasteiger partial charge in [0.2, 0.25) is 5.91 Å². The van der Waals surface area contributed by atoms with Crippen molar-refractivity contribution in [2.75, 3.05) is 25.5 Å². The summed E-state index contributed by atoms with van der Waals surface area (Å²) in [5.41, 5.74) is 2.59. The topological polar surface area (TPSA) is 103 Å². The van der Waals surface area contributed by atoms with Crippen molar-refractivity contribution < 1.29 is 18.7 Å². The van der Waals surface area contributed by atoms with Gasteiger partial charge in [-0.25, -0.2) is 19.2 Å². The minimum Gasteiger partial charge on any atom is -0.448 e. The fourth-order valence-electron chi connectivity index (χ4n) is 5.06. The van der Waals surface area contributed by atoms with Crippen molar-refractivity contribution in [3.05, 3.63) is 88.3 Å². The Bertz CT molecular complexity index is 1560. The highest BCUT2D eigenvalue weighted by molar-refractivity contribution is 6.31. The number of likely N-dealkylation sites (N-methyl/N-ethyl adjacent to an activating group) is 1. The van der Waals surface area contributed by atoms with E-state index in [2.05, 4.69) is 20.3 Å². The number of ether oxygens (including phenoxy) is 1. The molecule has 0 fully saturated rings. The number of imidazole rings is 1. The Morgan fingerprint density at radius 3 is 2.85 bits per heavy atom. The maximum absolute atomic E-state index is 14.1. The van der Waals surface area contributed by atoms with Gasteiger partial charge < -0.3 is 14.6 Å². The quantitative estimate of drug-likeness (QED) is 0.273. The second kappa shape index (κ2) is 12.7. The van der Waals surface area contributed by atoms with Gasteiger partial charge >= 0.3 is 6.09 Å². The molecule has 214 valence electrons. The number of halogens is 2. The van der Waals surface area contributed by atoms with Crippen molar-refractivity contribution in [3.8, 4) is 0 Å². The van der Waals surface area contributed by atoms with Gasteiger partial charge in [-0.15, -0.1) is 0 Å². The highest BCUT2D eigenvalue weighted by Crippen LogP contribution is 2.23. The molecule has 4 aromatic rings. The second-order valence-corrected chi connectivity index (χ2v) is 10.7. The van der Waals surface area contributed by atoms with Crippen LogP contribution < -0.4 is 5.32 Å². The van der Waals surface area contributed by atoms with E-state index in [0.717, 1.165) is 28.0 Å². The molecule has 2 N–H and O–H groups in total. The molecule has 3 heterocycles. The van der Waals surface area contributed by atoms with E-state index >= 15 is 0 Å². The van der Waals surface area contributed by atoms with Crippen molar-refractivity contribution >= 4 is 40.2 Å². The number of fused-ring (bicyclic) bond motifs is 2. The highest BCUT2D eigenvalue weighted by atomic mass is 35.5. The number of nitrogens with zero attached hydrogens (tertiary/aromatic N) is 4. The fraction of sp³-hybridized carbons (Fsp3) is 0.333. The fourth-order valence-corrected chi connectivity index (χ4v) is 5.25. The first-order valence-electron chi connectivity index (χ1n) is 13.5. The van der Waals surface area contributed by atoms with Crippen LogP contribution in [0.2, 0.25) is 5.02 Å². The zero-order valence-corrected chi connectivity index (χ0v) is 23.7. The molecule has 9 nitrogen and oxygen atoms in total. The van der Waals surface area contributed by atoms with Crippen LogP contribution in [0.1, 0.15) is 35.6 Å². The van der Waals surface area contributed by atoms with Crippen molar-refractivity contribution in [2.24, 2.45) is 0 Å². The summed E-state index contributed by atoms with van der Waals surface area (Å²) in [6.45, 7) is 3.33. The number of nitrogens with one attached hydrogen (secondary N) is 2. The Kier molecular flexibility index (Phi) is 8.80. The predicted octanol–water partition coefficient (Wildman–Crippen LogP) is 5.47. The van der Waals surface area contributed by atoms with Gasteiger partial charge in [0.1, 0.15) is 24.1 Å². The van der Waals surface area contributed by atoms with Crippen LogP contribution in [0.5, 0.6) is 0 Å². The third kappa shape index (κ3) is 7.01. The molecule has 1 aliphatic heterocycles. The number of hydrogen-bond donors (Lipinski definition) is 2. The van der Waals surface area contributed by atoms with Crippen molar-refractivity contribution in [1.82, 2.24) is 24.8 Å². The lowest BCUT2D eigenvalue weighted by atomic mass is 10.1. The van der Waals surface area contributed by atoms with Gasteiger partial charge in [-0.05, 0) is 43.5 Å². The summed E-state index contributed by atoms with van der Waals surface area (Å²) in [5.74, 6) is 0.728. The van der Waals surface area contributed by atoms with Crippen molar-refractivity contribution in [3.63, 3.8) is 0 Å². The first kappa shape index (κ1) is 28.5. The van der Waals surface area contributed by atoms with Gasteiger partial charge in [-0.2, -0.15) is 0 Å². The Morgan fingerprint density at radius 2 is 2.02 bits per heavy atom. The molecule has 11 heteroatoms. The number of pyridine rings is 1. The summed E-state index contributed by atoms with van der Waals surface area (Å²) in [6.07, 6.45) is 2.42. The van der Waals surface area contributed by atoms with E-state index in [9.17, 15) is 14.0 Å². The molecule has 0 aliphatic carbocycles. The van der Waals surface area contributed by atoms with Crippen LogP contribution in [0.4, 0.5) is 15.0 Å². The average molecular weight is 579 g/mol. The maximum Gasteiger partial charge on any atom is 0.412 e. The molecule has 0 saturated carbocycles. The Morgan fingerprint density at radius 1 is 1.22 bits per heavy atom. The summed E-state index contributed by atoms with van der Waals surface area (Å²) >= 11 is 6.20. The third-order valence-electron chi connectivity index (χ3n) is 7.34. The highest BCUT2D eigenvalue weighted by Gasteiger charge is 2.26. The lowest BCUT2D eigenvalue weighted by molar-refractivity contribution is -0.132. The van der Waals surface area contributed by atoms with Gasteiger partial charge in [0.25, 0.3) is 0 Å². The molecule has 41 heavy (non-hydrogen) atoms. The zero-order valence-electron chi connectivity index (χ0n) is 23.0. The third-order valence-corrected chi connectivity index (χ3v) is 7.76. The molecule has 1 unspecified atom stereocenters. The van der Waals surface area contributed by atoms with Crippen molar-refractivity contribution in [1.29, 1.82) is 0 Å². The standard InChI is InChI=1S/C30H32ClFN6O3/c1-19-34-25-12-13-38(17-26(25)35-19)28(39)11-10-23(37(2)16-22-8-5-9-24(32)29(22)31)18-41-30(40)36-27-14-20-6-3-4-7-21(20)15-33-27/h3-9,14-15,23H,10-13,16-18H2,1-2H3,(H,34,35)(H,33,36,40). The summed E-state index contributed by atoms with van der Waals surface area (Å²) in [7, 11) is 1.84. The van der Waals surface area contributed by atoms with E-state index in [4.69, 9.17) is 16.3 Å². The van der Waals surface area contributed by atoms with E-state index in [1.807, 2.05) is 48.0 Å². The minimum atomic E-state index is -0.653. The second-order valence-electron chi connectivity index (χ2n) is 10.3. The maximum atomic E-state index is 14.1. The number of benzene rings is 2. The lowest BCUT2D eigenvalue weighted by Gasteiger charge is -2.30. The van der Waals surface area contributed by atoms with Gasteiger partial charge in [0.15, 0.2) is 0 Å². The van der Waals surface area contributed by atoms with Crippen LogP contribution in [0.3, 0.4) is 0 Å². The smallest absolute Gasteiger partial charge is 0.412 e. The van der Waals surface area contributed by atoms with E-state index in [1.54, 1.807) is 24.4 Å². The molecular formula is C30H32ClFN6O3. The molecule has 1 aliphatic rings. The number of H-pyrrole nitrogens is 1. The number of rotatable bonds is 9. The Hall–Kier alpha value is -4.02. The Labute approximate surface area is 242 Å². The van der Waals surface area contributed by atoms with Crippen LogP contribution >= 0.6 is 11.6 Å². The van der Waals surface area contributed by atoms with E-state index < -0.39 is 11.9 Å². The van der Waals surface area contributed by atoms with E-state index in [0.29, 0.717) is 43.9 Å². The molecule has 0 radical (unpaired) electrons. The monoisotopic (exact) mass is 578 g/mol. The first-order valence-corrected chi connectivity index (χ1v) is 13.9. The van der Waals surface area contributed by atoms with Crippen LogP contribution in [0.15, 0.2) is 54.7 Å². The lowest BCUT2D eigenvalue weighted by Crippen LogP contribution is -2.40. The predicted molar refractivity (Wildman–Crippen MR) is 155 cm³/mol. The zero-order chi connectivity index (χ0) is 28.9. The van der Waals surface area contributed by atoms with Crippen LogP contribution in [0.25, 0.3) is 10.8 Å².